The van der Waals surface area contributed by atoms with E-state index in [1.165, 1.54) is 26.9 Å². The van der Waals surface area contributed by atoms with E-state index in [2.05, 4.69) is 9.89 Å². The molecule has 1 aliphatic carbocycles. The summed E-state index contributed by atoms with van der Waals surface area (Å²) in [6.45, 7) is 1.33. The van der Waals surface area contributed by atoms with Crippen LogP contribution in [0.3, 0.4) is 0 Å². The van der Waals surface area contributed by atoms with Gasteiger partial charge < -0.3 is 14.7 Å². The molecular weight excluding hydrogens is 306 g/mol. The maximum Gasteiger partial charge on any atom is 0.360 e. The number of nitrogens with zero attached hydrogens (tertiary/aromatic N) is 1. The average Bonchev–Trinajstić information content (AvgIpc) is 3.32. The molecule has 1 saturated carbocycles. The minimum absolute atomic E-state index is 0.0569. The molecule has 1 aliphatic rings. The maximum absolute atomic E-state index is 11.8. The molecule has 1 aromatic rings. The Hall–Kier alpha value is -2.02. The van der Waals surface area contributed by atoms with E-state index >= 15 is 0 Å². The predicted octanol–water partition coefficient (Wildman–Crippen LogP) is 2.31. The van der Waals surface area contributed by atoms with Crippen LogP contribution in [0.15, 0.2) is 34.3 Å². The van der Waals surface area contributed by atoms with Crippen molar-refractivity contribution in [3.8, 4) is 0 Å². The van der Waals surface area contributed by atoms with E-state index in [9.17, 15) is 9.59 Å². The molecule has 0 radical (unpaired) electrons. The van der Waals surface area contributed by atoms with Gasteiger partial charge in [0.25, 0.3) is 0 Å². The highest BCUT2D eigenvalue weighted by molar-refractivity contribution is 8.00. The second kappa shape index (κ2) is 7.31. The molecule has 1 N–H and O–H groups in total. The minimum Gasteiger partial charge on any atom is -0.478 e. The van der Waals surface area contributed by atoms with E-state index in [1.807, 2.05) is 12.1 Å². The Labute approximate surface area is 132 Å². The van der Waals surface area contributed by atoms with Gasteiger partial charge in [-0.3, -0.25) is 0 Å². The van der Waals surface area contributed by atoms with Crippen molar-refractivity contribution in [2.24, 2.45) is 5.16 Å². The van der Waals surface area contributed by atoms with Crippen molar-refractivity contribution in [2.45, 2.75) is 36.0 Å². The SMILES string of the molecule is COC(=O)/C(=N/O[C@@H](C)C(=O)O)c1ccc(SC2CC2)cc1. The van der Waals surface area contributed by atoms with Gasteiger partial charge in [-0.15, -0.1) is 11.8 Å². The standard InChI is InChI=1S/C15H17NO5S/c1-9(14(17)18)21-16-13(15(19)20-2)10-3-5-11(6-4-10)22-12-7-8-12/h3-6,9,12H,7-8H2,1-2H3,(H,17,18)/b16-13+/t9-/m0/s1. The highest BCUT2D eigenvalue weighted by atomic mass is 32.2. The number of esters is 1. The lowest BCUT2D eigenvalue weighted by Gasteiger charge is -2.08. The number of carbonyl (C=O) groups is 2. The van der Waals surface area contributed by atoms with Crippen molar-refractivity contribution in [1.82, 2.24) is 0 Å². The van der Waals surface area contributed by atoms with E-state index in [-0.39, 0.29) is 5.71 Å². The second-order valence-electron chi connectivity index (χ2n) is 4.86. The molecule has 7 heteroatoms. The fourth-order valence-corrected chi connectivity index (χ4v) is 2.60. The lowest BCUT2D eigenvalue weighted by Crippen LogP contribution is -2.22. The number of benzene rings is 1. The van der Waals surface area contributed by atoms with Crippen LogP contribution in [0.1, 0.15) is 25.3 Å². The van der Waals surface area contributed by atoms with Gasteiger partial charge in [0.1, 0.15) is 0 Å². The Morgan fingerprint density at radius 2 is 1.95 bits per heavy atom. The number of carboxylic acid groups (broad SMARTS) is 1. The van der Waals surface area contributed by atoms with Gasteiger partial charge in [-0.2, -0.15) is 0 Å². The van der Waals surface area contributed by atoms with Gasteiger partial charge in [-0.05, 0) is 31.9 Å². The zero-order valence-electron chi connectivity index (χ0n) is 12.3. The predicted molar refractivity (Wildman–Crippen MR) is 82.1 cm³/mol. The summed E-state index contributed by atoms with van der Waals surface area (Å²) in [5.74, 6) is -1.84. The summed E-state index contributed by atoms with van der Waals surface area (Å²) in [4.78, 5) is 28.5. The second-order valence-corrected chi connectivity index (χ2v) is 6.23. The van der Waals surface area contributed by atoms with Crippen LogP contribution in [0.25, 0.3) is 0 Å². The Bertz CT molecular complexity index is 580. The lowest BCUT2D eigenvalue weighted by molar-refractivity contribution is -0.149. The summed E-state index contributed by atoms with van der Waals surface area (Å²) in [7, 11) is 1.23. The van der Waals surface area contributed by atoms with Crippen LogP contribution in [-0.2, 0) is 19.2 Å². The van der Waals surface area contributed by atoms with Crippen LogP contribution in [0, 0.1) is 0 Å². The number of ether oxygens (including phenoxy) is 1. The summed E-state index contributed by atoms with van der Waals surface area (Å²) < 4.78 is 4.66. The van der Waals surface area contributed by atoms with Crippen molar-refractivity contribution in [2.75, 3.05) is 7.11 Å². The quantitative estimate of drug-likeness (QED) is 0.471. The Morgan fingerprint density at radius 3 is 2.45 bits per heavy atom. The molecule has 0 heterocycles. The van der Waals surface area contributed by atoms with Gasteiger partial charge >= 0.3 is 11.9 Å². The first-order valence-corrected chi connectivity index (χ1v) is 7.71. The highest BCUT2D eigenvalue weighted by Gasteiger charge is 2.23. The number of hydrogen-bond donors (Lipinski definition) is 1. The molecule has 1 atom stereocenters. The number of methoxy groups -OCH3 is 1. The fraction of sp³-hybridized carbons (Fsp3) is 0.400. The van der Waals surface area contributed by atoms with Crippen LogP contribution in [0.2, 0.25) is 0 Å². The van der Waals surface area contributed by atoms with Crippen molar-refractivity contribution in [1.29, 1.82) is 0 Å². The summed E-state index contributed by atoms with van der Waals surface area (Å²) in [6, 6.07) is 7.29. The number of carbonyl (C=O) groups excluding carboxylic acids is 1. The first kappa shape index (κ1) is 16.4. The number of hydrogen-bond acceptors (Lipinski definition) is 6. The minimum atomic E-state index is -1.16. The smallest absolute Gasteiger partial charge is 0.360 e. The molecule has 0 aromatic heterocycles. The van der Waals surface area contributed by atoms with E-state index in [4.69, 9.17) is 9.94 Å². The molecule has 1 aromatic carbocycles. The molecule has 0 saturated heterocycles. The molecule has 1 fully saturated rings. The third-order valence-electron chi connectivity index (χ3n) is 2.98. The van der Waals surface area contributed by atoms with E-state index in [0.717, 1.165) is 4.90 Å². The molecule has 6 nitrogen and oxygen atoms in total. The molecule has 0 bridgehead atoms. The van der Waals surface area contributed by atoms with Gasteiger partial charge in [0, 0.05) is 15.7 Å². The van der Waals surface area contributed by atoms with Gasteiger partial charge in [0.15, 0.2) is 5.71 Å². The molecule has 0 amide bonds. The average molecular weight is 323 g/mol. The molecule has 0 spiro atoms. The van der Waals surface area contributed by atoms with Gasteiger partial charge in [0.05, 0.1) is 7.11 Å². The van der Waals surface area contributed by atoms with Crippen molar-refractivity contribution < 1.29 is 24.3 Å². The molecule has 118 valence electrons. The van der Waals surface area contributed by atoms with Crippen LogP contribution in [0.4, 0.5) is 0 Å². The number of oxime groups is 1. The third-order valence-corrected chi connectivity index (χ3v) is 4.33. The van der Waals surface area contributed by atoms with E-state index in [1.54, 1.807) is 23.9 Å². The summed E-state index contributed by atoms with van der Waals surface area (Å²) in [6.07, 6.45) is 1.33. The van der Waals surface area contributed by atoms with E-state index in [0.29, 0.717) is 10.8 Å². The zero-order chi connectivity index (χ0) is 16.1. The monoisotopic (exact) mass is 323 g/mol. The topological polar surface area (TPSA) is 85.2 Å². The first-order chi connectivity index (χ1) is 10.5. The molecule has 2 rings (SSSR count). The summed E-state index contributed by atoms with van der Waals surface area (Å²) >= 11 is 1.80. The van der Waals surface area contributed by atoms with Crippen LogP contribution < -0.4 is 0 Å². The molecule has 0 unspecified atom stereocenters. The van der Waals surface area contributed by atoms with Crippen molar-refractivity contribution >= 4 is 29.4 Å². The van der Waals surface area contributed by atoms with Crippen molar-refractivity contribution in [3.05, 3.63) is 29.8 Å². The van der Waals surface area contributed by atoms with Gasteiger partial charge in [-0.25, -0.2) is 9.59 Å². The molecular formula is C15H17NO5S. The largest absolute Gasteiger partial charge is 0.478 e. The Balaban J connectivity index is 2.15. The summed E-state index contributed by atoms with van der Waals surface area (Å²) in [5, 5.41) is 13.1. The molecule has 0 aliphatic heterocycles. The van der Waals surface area contributed by atoms with Crippen molar-refractivity contribution in [3.63, 3.8) is 0 Å². The number of aliphatic carboxylic acids is 1. The van der Waals surface area contributed by atoms with Crippen LogP contribution in [0.5, 0.6) is 0 Å². The van der Waals surface area contributed by atoms with Gasteiger partial charge in [-0.1, -0.05) is 17.3 Å². The highest BCUT2D eigenvalue weighted by Crippen LogP contribution is 2.39. The van der Waals surface area contributed by atoms with Crippen LogP contribution in [-0.4, -0.2) is 41.2 Å². The normalized spacial score (nSPS) is 16.0. The summed E-state index contributed by atoms with van der Waals surface area (Å²) in [5.41, 5.74) is 0.461. The van der Waals surface area contributed by atoms with E-state index < -0.39 is 18.0 Å². The zero-order valence-corrected chi connectivity index (χ0v) is 13.1. The first-order valence-electron chi connectivity index (χ1n) is 6.83. The Kier molecular flexibility index (Phi) is 5.43. The molecule has 22 heavy (non-hydrogen) atoms. The number of rotatable bonds is 7. The third kappa shape index (κ3) is 4.49. The Morgan fingerprint density at radius 1 is 1.32 bits per heavy atom. The number of thioether (sulfide) groups is 1. The maximum atomic E-state index is 11.8. The van der Waals surface area contributed by atoms with Crippen LogP contribution >= 0.6 is 11.8 Å². The fourth-order valence-electron chi connectivity index (χ4n) is 1.55. The lowest BCUT2D eigenvalue weighted by atomic mass is 10.1. The number of carboxylic acids is 1. The van der Waals surface area contributed by atoms with Gasteiger partial charge in [0.2, 0.25) is 6.10 Å².